The largest absolute Gasteiger partial charge is 0.494 e. The van der Waals surface area contributed by atoms with Gasteiger partial charge in [-0.05, 0) is 103 Å². The molecule has 3 saturated heterocycles. The van der Waals surface area contributed by atoms with E-state index in [9.17, 15) is 14.2 Å². The van der Waals surface area contributed by atoms with Crippen molar-refractivity contribution in [2.75, 3.05) is 98.1 Å². The Morgan fingerprint density at radius 3 is 2.31 bits per heavy atom. The smallest absolute Gasteiger partial charge is 0.328 e. The maximum absolute atomic E-state index is 13.5. The summed E-state index contributed by atoms with van der Waals surface area (Å²) in [5.74, 6) is 2.00. The third kappa shape index (κ3) is 8.99. The number of imide groups is 1. The van der Waals surface area contributed by atoms with E-state index < -0.39 is 7.14 Å². The molecule has 3 amide bonds. The van der Waals surface area contributed by atoms with Gasteiger partial charge in [0.25, 0.3) is 0 Å². The monoisotopic (exact) mass is 881 g/mol. The number of amides is 3. The maximum Gasteiger partial charge on any atom is 0.328 e. The number of piperazine rings is 1. The summed E-state index contributed by atoms with van der Waals surface area (Å²) in [5.41, 5.74) is 6.92. The summed E-state index contributed by atoms with van der Waals surface area (Å²) in [5, 5.41) is 9.74. The number of methoxy groups -OCH3 is 1. The molecule has 0 aliphatic carbocycles. The molecule has 3 N–H and O–H groups in total. The molecule has 8 rings (SSSR count). The van der Waals surface area contributed by atoms with Crippen LogP contribution in [0.4, 0.5) is 45.0 Å². The van der Waals surface area contributed by atoms with Crippen molar-refractivity contribution >= 4 is 91.6 Å². The molecule has 0 radical (unpaired) electrons. The van der Waals surface area contributed by atoms with Gasteiger partial charge in [-0.15, -0.1) is 0 Å². The lowest BCUT2D eigenvalue weighted by atomic mass is 9.95. The third-order valence-corrected chi connectivity index (χ3v) is 13.4. The Balaban J connectivity index is 0.863. The number of aryl methyl sites for hydroxylation is 1. The van der Waals surface area contributed by atoms with E-state index >= 15 is 0 Å². The van der Waals surface area contributed by atoms with Gasteiger partial charge in [-0.1, -0.05) is 0 Å². The number of ether oxygens (including phenoxy) is 1. The van der Waals surface area contributed by atoms with Crippen molar-refractivity contribution in [3.05, 3.63) is 77.2 Å². The number of rotatable bonds is 11. The normalized spacial score (nSPS) is 17.0. The Labute approximate surface area is 352 Å². The molecule has 0 spiro atoms. The molecular weight excluding hydrogens is 833 g/mol. The van der Waals surface area contributed by atoms with Gasteiger partial charge in [0.2, 0.25) is 11.9 Å². The van der Waals surface area contributed by atoms with Crippen LogP contribution in [0.2, 0.25) is 0 Å². The second-order valence-electron chi connectivity index (χ2n) is 15.7. The van der Waals surface area contributed by atoms with Crippen molar-refractivity contribution in [3.63, 3.8) is 0 Å². The highest BCUT2D eigenvalue weighted by Gasteiger charge is 2.28. The van der Waals surface area contributed by atoms with Crippen LogP contribution < -0.4 is 40.7 Å². The third-order valence-electron chi connectivity index (χ3n) is 11.3. The van der Waals surface area contributed by atoms with E-state index in [1.165, 1.54) is 5.69 Å². The number of hydrogen-bond donors (Lipinski definition) is 3. The van der Waals surface area contributed by atoms with Gasteiger partial charge < -0.3 is 29.7 Å². The van der Waals surface area contributed by atoms with E-state index in [4.69, 9.17) is 9.72 Å². The van der Waals surface area contributed by atoms with Crippen LogP contribution in [0, 0.1) is 12.8 Å². The number of halogens is 1. The number of urea groups is 1. The summed E-state index contributed by atoms with van der Waals surface area (Å²) in [6, 6.07) is 15.6. The van der Waals surface area contributed by atoms with Gasteiger partial charge in [0.15, 0.2) is 0 Å². The summed E-state index contributed by atoms with van der Waals surface area (Å²) >= 11 is 3.58. The van der Waals surface area contributed by atoms with Gasteiger partial charge in [0, 0.05) is 100 Å². The number of anilines is 7. The molecule has 308 valence electrons. The fourth-order valence-corrected chi connectivity index (χ4v) is 9.96. The average molecular weight is 883 g/mol. The predicted octanol–water partition coefficient (Wildman–Crippen LogP) is 6.72. The molecule has 3 aliphatic rings. The predicted molar refractivity (Wildman–Crippen MR) is 238 cm³/mol. The highest BCUT2D eigenvalue weighted by Crippen LogP contribution is 2.42. The molecule has 3 aromatic carbocycles. The standard InChI is InChI=1S/C42H49BrN11O4P/c1-27-23-34(48-41-46-25-31(43)40(50-41)47-33-10-9-32-38(45-15-14-44-32)39(33)59(3,4)57)36(58-2)24-35(27)53-21-19-51(20-22-53)26-28-11-16-52(17-12-28)29-5-7-30(8-6-29)54-18-13-37(55)49-42(54)56/h5-10,14-15,23-25,28H,11-13,16-22,26H2,1-4H3,(H,49,55,56)(H2,46,47,48,50). The van der Waals surface area contributed by atoms with Crippen LogP contribution in [0.1, 0.15) is 24.8 Å². The van der Waals surface area contributed by atoms with Crippen molar-refractivity contribution in [2.24, 2.45) is 5.92 Å². The SMILES string of the molecule is COc1cc(N2CCN(CC3CCN(c4ccc(N5CCC(=O)NC5=O)cc4)CC3)CC2)c(C)cc1Nc1ncc(Br)c(Nc2ccc3nccnc3c2P(C)(C)=O)n1. The van der Waals surface area contributed by atoms with E-state index in [1.54, 1.807) is 43.9 Å². The Hall–Kier alpha value is -5.31. The summed E-state index contributed by atoms with van der Waals surface area (Å²) in [6.45, 7) is 13.0. The van der Waals surface area contributed by atoms with Gasteiger partial charge in [-0.3, -0.25) is 29.9 Å². The van der Waals surface area contributed by atoms with Crippen molar-refractivity contribution in [3.8, 4) is 5.75 Å². The summed E-state index contributed by atoms with van der Waals surface area (Å²) in [6.07, 6.45) is 7.51. The van der Waals surface area contributed by atoms with Crippen LogP contribution in [0.5, 0.6) is 5.75 Å². The zero-order valence-corrected chi connectivity index (χ0v) is 36.2. The number of carbonyl (C=O) groups excluding carboxylic acids is 2. The summed E-state index contributed by atoms with van der Waals surface area (Å²) in [7, 11) is -1.09. The van der Waals surface area contributed by atoms with E-state index in [0.29, 0.717) is 62.9 Å². The average Bonchev–Trinajstić information content (AvgIpc) is 3.22. The van der Waals surface area contributed by atoms with Crippen LogP contribution in [0.15, 0.2) is 71.6 Å². The Morgan fingerprint density at radius 2 is 1.59 bits per heavy atom. The van der Waals surface area contributed by atoms with Crippen molar-refractivity contribution in [2.45, 2.75) is 26.2 Å². The van der Waals surface area contributed by atoms with Gasteiger partial charge in [-0.25, -0.2) is 9.78 Å². The second kappa shape index (κ2) is 17.1. The molecule has 17 heteroatoms. The van der Waals surface area contributed by atoms with Crippen LogP contribution in [0.25, 0.3) is 11.0 Å². The first-order valence-electron chi connectivity index (χ1n) is 19.9. The first kappa shape index (κ1) is 40.5. The van der Waals surface area contributed by atoms with Crippen LogP contribution in [0.3, 0.4) is 0 Å². The van der Waals surface area contributed by atoms with Gasteiger partial charge >= 0.3 is 6.03 Å². The fourth-order valence-electron chi connectivity index (χ4n) is 8.28. The molecule has 0 bridgehead atoms. The minimum atomic E-state index is -2.76. The number of fused-ring (bicyclic) bond motifs is 1. The van der Waals surface area contributed by atoms with Crippen LogP contribution in [-0.2, 0) is 9.36 Å². The first-order valence-corrected chi connectivity index (χ1v) is 23.3. The van der Waals surface area contributed by atoms with Crippen LogP contribution >= 0.6 is 23.1 Å². The number of piperidine rings is 1. The number of nitrogens with zero attached hydrogens (tertiary/aromatic N) is 8. The molecule has 0 unspecified atom stereocenters. The molecular formula is C42H49BrN11O4P. The minimum Gasteiger partial charge on any atom is -0.494 e. The zero-order chi connectivity index (χ0) is 41.3. The molecule has 5 aromatic rings. The molecule has 0 atom stereocenters. The van der Waals surface area contributed by atoms with Crippen molar-refractivity contribution < 1.29 is 18.9 Å². The lowest BCUT2D eigenvalue weighted by Gasteiger charge is -2.40. The number of hydrogen-bond acceptors (Lipinski definition) is 13. The lowest BCUT2D eigenvalue weighted by Crippen LogP contribution is -2.49. The highest BCUT2D eigenvalue weighted by atomic mass is 79.9. The topological polar surface area (TPSA) is 161 Å². The van der Waals surface area contributed by atoms with E-state index in [-0.39, 0.29) is 11.9 Å². The van der Waals surface area contributed by atoms with Gasteiger partial charge in [0.05, 0.1) is 33.8 Å². The fraction of sp³-hybridized carbons (Fsp3) is 0.381. The van der Waals surface area contributed by atoms with E-state index in [1.807, 2.05) is 24.3 Å². The Bertz CT molecular complexity index is 2410. The molecule has 5 heterocycles. The Kier molecular flexibility index (Phi) is 11.7. The lowest BCUT2D eigenvalue weighted by molar-refractivity contribution is -0.120. The Morgan fingerprint density at radius 1 is 0.864 bits per heavy atom. The molecule has 0 saturated carbocycles. The van der Waals surface area contributed by atoms with Crippen LogP contribution in [-0.4, -0.2) is 110 Å². The number of carbonyl (C=O) groups is 2. The molecule has 59 heavy (non-hydrogen) atoms. The van der Waals surface area contributed by atoms with E-state index in [2.05, 4.69) is 92.7 Å². The number of nitrogens with one attached hydrogen (secondary N) is 3. The van der Waals surface area contributed by atoms with Gasteiger partial charge in [0.1, 0.15) is 24.2 Å². The van der Waals surface area contributed by atoms with Crippen molar-refractivity contribution in [1.29, 1.82) is 0 Å². The molecule has 3 fully saturated rings. The van der Waals surface area contributed by atoms with Gasteiger partial charge in [-0.2, -0.15) is 4.98 Å². The summed E-state index contributed by atoms with van der Waals surface area (Å²) in [4.78, 5) is 51.1. The molecule has 3 aliphatic heterocycles. The van der Waals surface area contributed by atoms with Crippen molar-refractivity contribution in [1.82, 2.24) is 30.2 Å². The quantitative estimate of drug-likeness (QED) is 0.120. The maximum atomic E-state index is 13.5. The number of benzene rings is 3. The first-order chi connectivity index (χ1) is 28.4. The summed E-state index contributed by atoms with van der Waals surface area (Å²) < 4.78 is 20.0. The molecule has 15 nitrogen and oxygen atoms in total. The molecule has 2 aromatic heterocycles. The van der Waals surface area contributed by atoms with E-state index in [0.717, 1.165) is 81.3 Å². The number of aromatic nitrogens is 4. The second-order valence-corrected chi connectivity index (χ2v) is 19.7. The minimum absolute atomic E-state index is 0.223. The zero-order valence-electron chi connectivity index (χ0n) is 33.7. The highest BCUT2D eigenvalue weighted by molar-refractivity contribution is 9.10.